The molecule has 0 fully saturated rings. The molecule has 0 saturated heterocycles. The van der Waals surface area contributed by atoms with Crippen molar-refractivity contribution in [2.24, 2.45) is 0 Å². The smallest absolute Gasteiger partial charge is 0.466 e. The molecule has 5 nitrogen and oxygen atoms in total. The minimum Gasteiger partial charge on any atom is -0.466 e. The van der Waals surface area contributed by atoms with Crippen molar-refractivity contribution < 1.29 is 52.1 Å². The third kappa shape index (κ3) is 18.4. The molecule has 0 aromatic rings. The Morgan fingerprint density at radius 3 is 2.00 bits per heavy atom. The van der Waals surface area contributed by atoms with Crippen LogP contribution in [0.1, 0.15) is 64.7 Å². The summed E-state index contributed by atoms with van der Waals surface area (Å²) >= 11 is 0. The summed E-state index contributed by atoms with van der Waals surface area (Å²) in [6, 6.07) is 0. The second-order valence-corrected chi connectivity index (χ2v) is 6.30. The number of carbonyl (C=O) groups excluding carboxylic acids is 1. The average Bonchev–Trinajstić information content (AvgIpc) is 2.33. The predicted molar refractivity (Wildman–Crippen MR) is 74.6 cm³/mol. The van der Waals surface area contributed by atoms with Gasteiger partial charge in [-0.2, -0.15) is 8.42 Å². The van der Waals surface area contributed by atoms with E-state index in [0.29, 0.717) is 6.61 Å². The molecule has 114 valence electrons. The number of esters is 1. The van der Waals surface area contributed by atoms with Crippen LogP contribution >= 0.6 is 0 Å². The van der Waals surface area contributed by atoms with Gasteiger partial charge in [-0.05, 0) is 6.42 Å². The van der Waals surface area contributed by atoms with E-state index in [1.165, 1.54) is 32.1 Å². The maximum atomic E-state index is 11.1. The number of ether oxygens (including phenoxy) is 1. The number of rotatable bonds is 12. The first-order valence-electron chi connectivity index (χ1n) is 7.06. The van der Waals surface area contributed by atoms with E-state index in [1.54, 1.807) is 0 Å². The minimum absolute atomic E-state index is 0. The second kappa shape index (κ2) is 14.3. The molecule has 0 aliphatic carbocycles. The van der Waals surface area contributed by atoms with Crippen molar-refractivity contribution >= 4 is 16.1 Å². The van der Waals surface area contributed by atoms with E-state index in [-0.39, 0.29) is 36.0 Å². The predicted octanol–water partition coefficient (Wildman–Crippen LogP) is -0.0478. The van der Waals surface area contributed by atoms with Crippen LogP contribution in [0.5, 0.6) is 0 Å². The Morgan fingerprint density at radius 1 is 1.00 bits per heavy atom. The second-order valence-electron chi connectivity index (χ2n) is 4.73. The van der Waals surface area contributed by atoms with E-state index in [4.69, 9.17) is 9.29 Å². The largest absolute Gasteiger partial charge is 1.00 e. The van der Waals surface area contributed by atoms with Crippen LogP contribution in [0, 0.1) is 0 Å². The molecule has 0 spiro atoms. The fourth-order valence-electron chi connectivity index (χ4n) is 1.71. The van der Waals surface area contributed by atoms with E-state index in [0.717, 1.165) is 19.3 Å². The van der Waals surface area contributed by atoms with E-state index in [2.05, 4.69) is 6.92 Å². The Morgan fingerprint density at radius 2 is 1.50 bits per heavy atom. The molecule has 0 amide bonds. The zero-order valence-electron chi connectivity index (χ0n) is 12.8. The standard InChI is InChI=1S/C13H26O5S.Na/c1-2-3-4-5-6-7-8-9-11-18-13(14)10-12-19(15,16)17;/h2-12H2,1H3,(H,15,16,17);/q;+1. The summed E-state index contributed by atoms with van der Waals surface area (Å²) in [5.41, 5.74) is 0. The molecule has 0 aromatic heterocycles. The number of hydrogen-bond donors (Lipinski definition) is 1. The summed E-state index contributed by atoms with van der Waals surface area (Å²) in [7, 11) is -4.07. The molecule has 0 aliphatic rings. The molecule has 7 heteroatoms. The van der Waals surface area contributed by atoms with Crippen LogP contribution in [0.15, 0.2) is 0 Å². The topological polar surface area (TPSA) is 80.7 Å². The zero-order chi connectivity index (χ0) is 14.6. The van der Waals surface area contributed by atoms with Crippen LogP contribution in [-0.4, -0.2) is 31.3 Å². The number of hydrogen-bond acceptors (Lipinski definition) is 4. The third-order valence-corrected chi connectivity index (χ3v) is 3.55. The molecule has 0 atom stereocenters. The Kier molecular flexibility index (Phi) is 16.2. The Bertz CT molecular complexity index is 330. The summed E-state index contributed by atoms with van der Waals surface area (Å²) in [5.74, 6) is -1.14. The Labute approximate surface area is 144 Å². The minimum atomic E-state index is -4.07. The molecule has 0 saturated carbocycles. The van der Waals surface area contributed by atoms with Crippen LogP contribution < -0.4 is 29.6 Å². The fourth-order valence-corrected chi connectivity index (χ4v) is 2.13. The van der Waals surface area contributed by atoms with Gasteiger partial charge in [-0.25, -0.2) is 0 Å². The van der Waals surface area contributed by atoms with Crippen molar-refractivity contribution in [3.8, 4) is 0 Å². The molecule has 0 rings (SSSR count). The number of unbranched alkanes of at least 4 members (excludes halogenated alkanes) is 7. The molecule has 0 unspecified atom stereocenters. The number of carbonyl (C=O) groups is 1. The van der Waals surface area contributed by atoms with Gasteiger partial charge in [0.05, 0.1) is 18.8 Å². The monoisotopic (exact) mass is 317 g/mol. The van der Waals surface area contributed by atoms with Crippen molar-refractivity contribution in [3.63, 3.8) is 0 Å². The molecular formula is C13H26NaO5S+. The van der Waals surface area contributed by atoms with Gasteiger partial charge < -0.3 is 4.74 Å². The van der Waals surface area contributed by atoms with E-state index >= 15 is 0 Å². The van der Waals surface area contributed by atoms with Gasteiger partial charge >= 0.3 is 35.5 Å². The Hall–Kier alpha value is 0.380. The summed E-state index contributed by atoms with van der Waals surface area (Å²) in [6.07, 6.45) is 9.02. The molecule has 0 heterocycles. The van der Waals surface area contributed by atoms with E-state index in [9.17, 15) is 13.2 Å². The maximum absolute atomic E-state index is 11.1. The summed E-state index contributed by atoms with van der Waals surface area (Å²) in [4.78, 5) is 11.1. The van der Waals surface area contributed by atoms with Crippen molar-refractivity contribution in [2.45, 2.75) is 64.7 Å². The third-order valence-electron chi connectivity index (χ3n) is 2.83. The van der Waals surface area contributed by atoms with Crippen LogP contribution in [-0.2, 0) is 19.6 Å². The van der Waals surface area contributed by atoms with Gasteiger partial charge in [0, 0.05) is 0 Å². The first kappa shape index (κ1) is 22.7. The molecule has 0 radical (unpaired) electrons. The molecule has 20 heavy (non-hydrogen) atoms. The molecule has 0 aromatic carbocycles. The normalized spacial score (nSPS) is 10.9. The van der Waals surface area contributed by atoms with Crippen molar-refractivity contribution in [1.82, 2.24) is 0 Å². The zero-order valence-corrected chi connectivity index (χ0v) is 15.6. The molecule has 0 aliphatic heterocycles. The van der Waals surface area contributed by atoms with Crippen LogP contribution in [0.3, 0.4) is 0 Å². The van der Waals surface area contributed by atoms with Crippen molar-refractivity contribution in [2.75, 3.05) is 12.4 Å². The van der Waals surface area contributed by atoms with Crippen LogP contribution in [0.4, 0.5) is 0 Å². The van der Waals surface area contributed by atoms with Gasteiger partial charge in [0.2, 0.25) is 0 Å². The van der Waals surface area contributed by atoms with Crippen LogP contribution in [0.25, 0.3) is 0 Å². The van der Waals surface area contributed by atoms with Gasteiger partial charge in [-0.15, -0.1) is 0 Å². The average molecular weight is 317 g/mol. The summed E-state index contributed by atoms with van der Waals surface area (Å²) in [6.45, 7) is 2.52. The van der Waals surface area contributed by atoms with Crippen molar-refractivity contribution in [3.05, 3.63) is 0 Å². The molecule has 1 N–H and O–H groups in total. The van der Waals surface area contributed by atoms with Gasteiger partial charge in [0.15, 0.2) is 0 Å². The van der Waals surface area contributed by atoms with Crippen LogP contribution in [0.2, 0.25) is 0 Å². The summed E-state index contributed by atoms with van der Waals surface area (Å²) in [5, 5.41) is 0. The molecular weight excluding hydrogens is 291 g/mol. The van der Waals surface area contributed by atoms with Gasteiger partial charge in [0.1, 0.15) is 0 Å². The fraction of sp³-hybridized carbons (Fsp3) is 0.923. The first-order valence-corrected chi connectivity index (χ1v) is 8.67. The van der Waals surface area contributed by atoms with Gasteiger partial charge in [-0.3, -0.25) is 9.35 Å². The van der Waals surface area contributed by atoms with Gasteiger partial charge in [0.25, 0.3) is 10.1 Å². The summed E-state index contributed by atoms with van der Waals surface area (Å²) < 4.78 is 34.1. The Balaban J connectivity index is 0. The maximum Gasteiger partial charge on any atom is 1.00 e. The SMILES string of the molecule is CCCCCCCCCCOC(=O)CCS(=O)(=O)O.[Na+]. The van der Waals surface area contributed by atoms with E-state index in [1.807, 2.05) is 0 Å². The molecule has 0 bridgehead atoms. The quantitative estimate of drug-likeness (QED) is 0.236. The van der Waals surface area contributed by atoms with Crippen molar-refractivity contribution in [1.29, 1.82) is 0 Å². The van der Waals surface area contributed by atoms with Gasteiger partial charge in [-0.1, -0.05) is 51.9 Å². The first-order chi connectivity index (χ1) is 8.95. The van der Waals surface area contributed by atoms with E-state index < -0.39 is 21.8 Å².